The van der Waals surface area contributed by atoms with E-state index < -0.39 is 0 Å². The zero-order valence-corrected chi connectivity index (χ0v) is 15.4. The molecule has 3 rings (SSSR count). The van der Waals surface area contributed by atoms with Crippen LogP contribution in [0.2, 0.25) is 0 Å². The lowest BCUT2D eigenvalue weighted by atomic mass is 10.0. The zero-order chi connectivity index (χ0) is 17.6. The Labute approximate surface area is 149 Å². The summed E-state index contributed by atoms with van der Waals surface area (Å²) in [7, 11) is 1.71. The number of nitrogens with zero attached hydrogens (tertiary/aromatic N) is 2. The third kappa shape index (κ3) is 4.69. The highest BCUT2D eigenvalue weighted by Gasteiger charge is 2.35. The predicted octanol–water partition coefficient (Wildman–Crippen LogP) is 3.14. The van der Waals surface area contributed by atoms with E-state index in [0.29, 0.717) is 19.3 Å². The minimum absolute atomic E-state index is 0.223. The molecule has 25 heavy (non-hydrogen) atoms. The van der Waals surface area contributed by atoms with Crippen LogP contribution in [0.25, 0.3) is 0 Å². The Morgan fingerprint density at radius 1 is 1.24 bits per heavy atom. The molecule has 0 unspecified atom stereocenters. The number of furan rings is 1. The molecule has 1 fully saturated rings. The average molecular weight is 344 g/mol. The first kappa shape index (κ1) is 18.1. The van der Waals surface area contributed by atoms with Crippen molar-refractivity contribution in [3.8, 4) is 0 Å². The first-order chi connectivity index (χ1) is 12.2. The summed E-state index contributed by atoms with van der Waals surface area (Å²) in [4.78, 5) is 6.60. The molecule has 0 aliphatic carbocycles. The topological polar surface area (TPSA) is 47.7 Å². The number of ether oxygens (including phenoxy) is 2. The van der Waals surface area contributed by atoms with E-state index in [1.54, 1.807) is 7.11 Å². The largest absolute Gasteiger partial charge is 0.465 e. The third-order valence-corrected chi connectivity index (χ3v) is 4.99. The van der Waals surface area contributed by atoms with Crippen LogP contribution in [0.15, 0.2) is 35.0 Å². The molecule has 0 spiro atoms. The van der Waals surface area contributed by atoms with Crippen molar-refractivity contribution >= 4 is 0 Å². The summed E-state index contributed by atoms with van der Waals surface area (Å²) in [6.07, 6.45) is 5.93. The fourth-order valence-corrected chi connectivity index (χ4v) is 3.51. The van der Waals surface area contributed by atoms with Gasteiger partial charge in [-0.3, -0.25) is 9.88 Å². The minimum atomic E-state index is 0.223. The first-order valence-corrected chi connectivity index (χ1v) is 8.96. The lowest BCUT2D eigenvalue weighted by molar-refractivity contribution is -0.00193. The highest BCUT2D eigenvalue weighted by atomic mass is 16.5. The quantitative estimate of drug-likeness (QED) is 0.689. The molecule has 0 bridgehead atoms. The molecular formula is C20H28N2O3. The predicted molar refractivity (Wildman–Crippen MR) is 96.6 cm³/mol. The van der Waals surface area contributed by atoms with Gasteiger partial charge in [-0.1, -0.05) is 0 Å². The number of methoxy groups -OCH3 is 1. The Bertz CT molecular complexity index is 637. The molecule has 2 aromatic heterocycles. The standard InChI is InChI=1S/C20H28N2O3/c1-15-12-18(25-16(15)2)14-22-9-6-20(24-11-10-23-3)19(22)13-17-4-7-21-8-5-17/h4-5,7-8,12,19-20H,6,9-11,13-14H2,1-3H3/t19-,20-/m0/s1. The summed E-state index contributed by atoms with van der Waals surface area (Å²) < 4.78 is 17.1. The summed E-state index contributed by atoms with van der Waals surface area (Å²) in [5, 5.41) is 0. The molecule has 0 aromatic carbocycles. The van der Waals surface area contributed by atoms with Crippen LogP contribution in [-0.2, 0) is 22.4 Å². The van der Waals surface area contributed by atoms with Crippen LogP contribution in [0.1, 0.15) is 29.1 Å². The first-order valence-electron chi connectivity index (χ1n) is 8.96. The minimum Gasteiger partial charge on any atom is -0.465 e. The van der Waals surface area contributed by atoms with Crippen molar-refractivity contribution in [3.63, 3.8) is 0 Å². The molecule has 2 aromatic rings. The van der Waals surface area contributed by atoms with Crippen LogP contribution < -0.4 is 0 Å². The normalized spacial score (nSPS) is 21.1. The average Bonchev–Trinajstić information content (AvgIpc) is 3.13. The lowest BCUT2D eigenvalue weighted by Crippen LogP contribution is -2.38. The van der Waals surface area contributed by atoms with E-state index >= 15 is 0 Å². The Balaban J connectivity index is 1.70. The van der Waals surface area contributed by atoms with Crippen LogP contribution in [-0.4, -0.2) is 48.9 Å². The Kier molecular flexibility index (Phi) is 6.24. The molecule has 1 aliphatic rings. The van der Waals surface area contributed by atoms with Gasteiger partial charge in [0.15, 0.2) is 0 Å². The van der Waals surface area contributed by atoms with Gasteiger partial charge in [0.05, 0.1) is 25.9 Å². The van der Waals surface area contributed by atoms with Gasteiger partial charge in [-0.2, -0.15) is 0 Å². The van der Waals surface area contributed by atoms with Crippen LogP contribution >= 0.6 is 0 Å². The highest BCUT2D eigenvalue weighted by Crippen LogP contribution is 2.27. The molecule has 3 heterocycles. The number of rotatable bonds is 8. The second-order valence-corrected chi connectivity index (χ2v) is 6.74. The summed E-state index contributed by atoms with van der Waals surface area (Å²) in [5.74, 6) is 2.04. The van der Waals surface area contributed by atoms with Crippen molar-refractivity contribution in [2.75, 3.05) is 26.9 Å². The van der Waals surface area contributed by atoms with E-state index in [-0.39, 0.29) is 6.10 Å². The number of aryl methyl sites for hydroxylation is 2. The fourth-order valence-electron chi connectivity index (χ4n) is 3.51. The number of hydrogen-bond acceptors (Lipinski definition) is 5. The van der Waals surface area contributed by atoms with E-state index in [1.807, 2.05) is 19.3 Å². The van der Waals surface area contributed by atoms with Crippen LogP contribution in [0.5, 0.6) is 0 Å². The summed E-state index contributed by atoms with van der Waals surface area (Å²) >= 11 is 0. The van der Waals surface area contributed by atoms with Gasteiger partial charge in [0, 0.05) is 32.1 Å². The molecule has 0 radical (unpaired) electrons. The molecule has 1 saturated heterocycles. The maximum Gasteiger partial charge on any atom is 0.118 e. The van der Waals surface area contributed by atoms with Crippen molar-refractivity contribution in [1.82, 2.24) is 9.88 Å². The lowest BCUT2D eigenvalue weighted by Gasteiger charge is -2.27. The maximum atomic E-state index is 6.11. The third-order valence-electron chi connectivity index (χ3n) is 4.99. The Morgan fingerprint density at radius 3 is 2.72 bits per heavy atom. The van der Waals surface area contributed by atoms with E-state index in [0.717, 1.165) is 37.5 Å². The smallest absolute Gasteiger partial charge is 0.118 e. The molecule has 0 amide bonds. The van der Waals surface area contributed by atoms with Gasteiger partial charge in [0.25, 0.3) is 0 Å². The molecule has 5 nitrogen and oxygen atoms in total. The van der Waals surface area contributed by atoms with Crippen molar-refractivity contribution in [2.24, 2.45) is 0 Å². The van der Waals surface area contributed by atoms with Crippen LogP contribution in [0.4, 0.5) is 0 Å². The number of hydrogen-bond donors (Lipinski definition) is 0. The number of likely N-dealkylation sites (tertiary alicyclic amines) is 1. The molecule has 136 valence electrons. The Morgan fingerprint density at radius 2 is 2.04 bits per heavy atom. The van der Waals surface area contributed by atoms with Crippen molar-refractivity contribution < 1.29 is 13.9 Å². The molecule has 0 N–H and O–H groups in total. The van der Waals surface area contributed by atoms with E-state index in [4.69, 9.17) is 13.9 Å². The highest BCUT2D eigenvalue weighted by molar-refractivity contribution is 5.19. The van der Waals surface area contributed by atoms with Gasteiger partial charge in [-0.25, -0.2) is 0 Å². The zero-order valence-electron chi connectivity index (χ0n) is 15.4. The molecular weight excluding hydrogens is 316 g/mol. The summed E-state index contributed by atoms with van der Waals surface area (Å²) in [6.45, 7) is 7.24. The van der Waals surface area contributed by atoms with Gasteiger partial charge in [0.2, 0.25) is 0 Å². The fraction of sp³-hybridized carbons (Fsp3) is 0.550. The SMILES string of the molecule is COCCO[C@H]1CCN(Cc2cc(C)c(C)o2)[C@H]1Cc1ccncc1. The second kappa shape index (κ2) is 8.61. The van der Waals surface area contributed by atoms with Gasteiger partial charge >= 0.3 is 0 Å². The molecule has 2 atom stereocenters. The molecule has 5 heteroatoms. The van der Waals surface area contributed by atoms with Gasteiger partial charge < -0.3 is 13.9 Å². The molecule has 0 saturated carbocycles. The van der Waals surface area contributed by atoms with Crippen molar-refractivity contribution in [2.45, 2.75) is 45.4 Å². The summed E-state index contributed by atoms with van der Waals surface area (Å²) in [5.41, 5.74) is 2.51. The molecule has 1 aliphatic heterocycles. The summed E-state index contributed by atoms with van der Waals surface area (Å²) in [6, 6.07) is 6.66. The van der Waals surface area contributed by atoms with Gasteiger partial charge in [-0.05, 0) is 56.0 Å². The van der Waals surface area contributed by atoms with Gasteiger partial charge in [-0.15, -0.1) is 0 Å². The van der Waals surface area contributed by atoms with Crippen molar-refractivity contribution in [3.05, 3.63) is 53.2 Å². The van der Waals surface area contributed by atoms with E-state index in [1.165, 1.54) is 11.1 Å². The monoisotopic (exact) mass is 344 g/mol. The van der Waals surface area contributed by atoms with E-state index in [9.17, 15) is 0 Å². The van der Waals surface area contributed by atoms with Crippen molar-refractivity contribution in [1.29, 1.82) is 0 Å². The number of aromatic nitrogens is 1. The Hall–Kier alpha value is -1.69. The van der Waals surface area contributed by atoms with Gasteiger partial charge in [0.1, 0.15) is 11.5 Å². The van der Waals surface area contributed by atoms with Crippen LogP contribution in [0, 0.1) is 13.8 Å². The number of pyridine rings is 1. The van der Waals surface area contributed by atoms with Crippen LogP contribution in [0.3, 0.4) is 0 Å². The second-order valence-electron chi connectivity index (χ2n) is 6.74. The maximum absolute atomic E-state index is 6.11. The van der Waals surface area contributed by atoms with E-state index in [2.05, 4.69) is 35.0 Å².